The minimum Gasteiger partial charge on any atom is -0.330 e. The van der Waals surface area contributed by atoms with Gasteiger partial charge in [0.25, 0.3) is 5.91 Å². The fraction of sp³-hybridized carbons (Fsp3) is 0.250. The van der Waals surface area contributed by atoms with E-state index in [1.807, 2.05) is 0 Å². The number of nitrogens with one attached hydrogen (secondary N) is 1. The van der Waals surface area contributed by atoms with E-state index < -0.39 is 0 Å². The van der Waals surface area contributed by atoms with Crippen LogP contribution >= 0.6 is 0 Å². The standard InChI is InChI=1S/C12H11FN4O2/c13-9-3-1-2-8(6-9)7-16-4-5-17-10(11(16)18)14-15-12(17)19/h1-3,6H,4-5,7H2,(H,15,19). The summed E-state index contributed by atoms with van der Waals surface area (Å²) in [6.07, 6.45) is 0. The Balaban J connectivity index is 1.85. The molecule has 0 fully saturated rings. The largest absolute Gasteiger partial charge is 0.343 e. The number of H-pyrrole nitrogens is 1. The lowest BCUT2D eigenvalue weighted by atomic mass is 10.2. The molecule has 19 heavy (non-hydrogen) atoms. The van der Waals surface area contributed by atoms with Crippen molar-refractivity contribution in [2.45, 2.75) is 13.1 Å². The Morgan fingerprint density at radius 3 is 2.95 bits per heavy atom. The van der Waals surface area contributed by atoms with Crippen molar-refractivity contribution in [3.63, 3.8) is 0 Å². The van der Waals surface area contributed by atoms with E-state index >= 15 is 0 Å². The van der Waals surface area contributed by atoms with Crippen molar-refractivity contribution in [1.29, 1.82) is 0 Å². The number of halogens is 1. The Morgan fingerprint density at radius 2 is 2.16 bits per heavy atom. The molecule has 6 nitrogen and oxygen atoms in total. The van der Waals surface area contributed by atoms with Crippen LogP contribution in [0.5, 0.6) is 0 Å². The SMILES string of the molecule is O=C1c2n[nH]c(=O)n2CCN1Cc1cccc(F)c1. The Hall–Kier alpha value is -2.44. The molecule has 1 aromatic heterocycles. The zero-order valence-electron chi connectivity index (χ0n) is 9.97. The van der Waals surface area contributed by atoms with E-state index in [-0.39, 0.29) is 23.2 Å². The molecule has 1 N–H and O–H groups in total. The number of amides is 1. The molecule has 0 saturated carbocycles. The van der Waals surface area contributed by atoms with E-state index in [0.717, 1.165) is 0 Å². The average molecular weight is 262 g/mol. The number of carbonyl (C=O) groups excluding carboxylic acids is 1. The molecule has 2 heterocycles. The molecule has 1 aliphatic rings. The summed E-state index contributed by atoms with van der Waals surface area (Å²) in [7, 11) is 0. The normalized spacial score (nSPS) is 14.6. The Labute approximate surface area is 107 Å². The van der Waals surface area contributed by atoms with Crippen LogP contribution in [0.1, 0.15) is 16.2 Å². The maximum atomic E-state index is 13.1. The Bertz CT molecular complexity index is 691. The molecule has 98 valence electrons. The summed E-state index contributed by atoms with van der Waals surface area (Å²) in [5.41, 5.74) is 0.327. The second-order valence-corrected chi connectivity index (χ2v) is 4.36. The molecule has 0 radical (unpaired) electrons. The van der Waals surface area contributed by atoms with Crippen LogP contribution in [-0.4, -0.2) is 32.1 Å². The molecule has 0 aliphatic carbocycles. The number of rotatable bonds is 2. The van der Waals surface area contributed by atoms with Crippen molar-refractivity contribution in [3.8, 4) is 0 Å². The minimum absolute atomic E-state index is 0.104. The number of fused-ring (bicyclic) bond motifs is 1. The van der Waals surface area contributed by atoms with E-state index in [4.69, 9.17) is 0 Å². The number of nitrogens with zero attached hydrogens (tertiary/aromatic N) is 3. The van der Waals surface area contributed by atoms with E-state index in [1.54, 1.807) is 17.0 Å². The van der Waals surface area contributed by atoms with Crippen LogP contribution in [-0.2, 0) is 13.1 Å². The monoisotopic (exact) mass is 262 g/mol. The zero-order valence-corrected chi connectivity index (χ0v) is 9.97. The van der Waals surface area contributed by atoms with Crippen molar-refractivity contribution in [2.75, 3.05) is 6.54 Å². The molecule has 0 spiro atoms. The highest BCUT2D eigenvalue weighted by Gasteiger charge is 2.27. The van der Waals surface area contributed by atoms with Crippen LogP contribution in [0, 0.1) is 5.82 Å². The summed E-state index contributed by atoms with van der Waals surface area (Å²) >= 11 is 0. The molecule has 0 unspecified atom stereocenters. The maximum absolute atomic E-state index is 13.1. The van der Waals surface area contributed by atoms with Gasteiger partial charge in [-0.2, -0.15) is 0 Å². The lowest BCUT2D eigenvalue weighted by Crippen LogP contribution is -2.42. The molecular formula is C12H11FN4O2. The highest BCUT2D eigenvalue weighted by atomic mass is 19.1. The summed E-state index contributed by atoms with van der Waals surface area (Å²) in [4.78, 5) is 25.0. The van der Waals surface area contributed by atoms with Gasteiger partial charge in [-0.25, -0.2) is 14.3 Å². The van der Waals surface area contributed by atoms with E-state index in [9.17, 15) is 14.0 Å². The Kier molecular flexibility index (Phi) is 2.66. The smallest absolute Gasteiger partial charge is 0.330 e. The van der Waals surface area contributed by atoms with Crippen LogP contribution in [0.3, 0.4) is 0 Å². The molecule has 2 aromatic rings. The first-order chi connectivity index (χ1) is 9.15. The van der Waals surface area contributed by atoms with Gasteiger partial charge in [0.05, 0.1) is 0 Å². The van der Waals surface area contributed by atoms with Crippen LogP contribution in [0.2, 0.25) is 0 Å². The molecule has 1 amide bonds. The van der Waals surface area contributed by atoms with E-state index in [2.05, 4.69) is 10.2 Å². The van der Waals surface area contributed by atoms with Gasteiger partial charge in [-0.3, -0.25) is 9.36 Å². The van der Waals surface area contributed by atoms with Crippen LogP contribution in [0.15, 0.2) is 29.1 Å². The van der Waals surface area contributed by atoms with Crippen molar-refractivity contribution in [2.24, 2.45) is 0 Å². The number of hydrogen-bond donors (Lipinski definition) is 1. The third kappa shape index (κ3) is 2.03. The molecule has 7 heteroatoms. The van der Waals surface area contributed by atoms with Gasteiger partial charge in [-0.05, 0) is 17.7 Å². The van der Waals surface area contributed by atoms with Gasteiger partial charge < -0.3 is 4.90 Å². The van der Waals surface area contributed by atoms with Gasteiger partial charge in [0.2, 0.25) is 5.82 Å². The van der Waals surface area contributed by atoms with Crippen molar-refractivity contribution >= 4 is 5.91 Å². The molecular weight excluding hydrogens is 251 g/mol. The van der Waals surface area contributed by atoms with Gasteiger partial charge in [0, 0.05) is 19.6 Å². The average Bonchev–Trinajstić information content (AvgIpc) is 2.76. The number of aromatic nitrogens is 3. The molecule has 1 aromatic carbocycles. The first kappa shape index (κ1) is 11.6. The van der Waals surface area contributed by atoms with Crippen LogP contribution < -0.4 is 5.69 Å². The summed E-state index contributed by atoms with van der Waals surface area (Å²) < 4.78 is 14.4. The highest BCUT2D eigenvalue weighted by Crippen LogP contribution is 2.13. The van der Waals surface area contributed by atoms with Gasteiger partial charge in [-0.1, -0.05) is 12.1 Å². The van der Waals surface area contributed by atoms with Crippen LogP contribution in [0.4, 0.5) is 4.39 Å². The first-order valence-electron chi connectivity index (χ1n) is 5.84. The lowest BCUT2D eigenvalue weighted by Gasteiger charge is -2.26. The second kappa shape index (κ2) is 4.34. The third-order valence-corrected chi connectivity index (χ3v) is 3.09. The Morgan fingerprint density at radius 1 is 1.32 bits per heavy atom. The molecule has 1 aliphatic heterocycles. The molecule has 3 rings (SSSR count). The van der Waals surface area contributed by atoms with Gasteiger partial charge in [-0.15, -0.1) is 5.10 Å². The van der Waals surface area contributed by atoms with Crippen molar-refractivity contribution in [1.82, 2.24) is 19.7 Å². The van der Waals surface area contributed by atoms with Crippen molar-refractivity contribution < 1.29 is 9.18 Å². The quantitative estimate of drug-likeness (QED) is 0.849. The molecule has 0 atom stereocenters. The summed E-state index contributed by atoms with van der Waals surface area (Å²) in [6, 6.07) is 6.10. The van der Waals surface area contributed by atoms with E-state index in [0.29, 0.717) is 25.2 Å². The predicted molar refractivity (Wildman–Crippen MR) is 64.0 cm³/mol. The predicted octanol–water partition coefficient (Wildman–Crippen LogP) is 0.366. The fourth-order valence-electron chi connectivity index (χ4n) is 2.16. The van der Waals surface area contributed by atoms with Crippen LogP contribution in [0.25, 0.3) is 0 Å². The topological polar surface area (TPSA) is 71.0 Å². The summed E-state index contributed by atoms with van der Waals surface area (Å²) in [5.74, 6) is -0.555. The fourth-order valence-corrected chi connectivity index (χ4v) is 2.16. The molecule has 0 bridgehead atoms. The van der Waals surface area contributed by atoms with E-state index in [1.165, 1.54) is 16.7 Å². The second-order valence-electron chi connectivity index (χ2n) is 4.36. The number of aromatic amines is 1. The molecule has 0 saturated heterocycles. The van der Waals surface area contributed by atoms with Crippen molar-refractivity contribution in [3.05, 3.63) is 52.0 Å². The van der Waals surface area contributed by atoms with Gasteiger partial charge >= 0.3 is 5.69 Å². The third-order valence-electron chi connectivity index (χ3n) is 3.09. The van der Waals surface area contributed by atoms with Gasteiger partial charge in [0.1, 0.15) is 5.82 Å². The first-order valence-corrected chi connectivity index (χ1v) is 5.84. The summed E-state index contributed by atoms with van der Waals surface area (Å²) in [5, 5.41) is 5.96. The number of carbonyl (C=O) groups is 1. The lowest BCUT2D eigenvalue weighted by molar-refractivity contribution is 0.0681. The zero-order chi connectivity index (χ0) is 13.4. The number of benzene rings is 1. The minimum atomic E-state index is -0.381. The summed E-state index contributed by atoms with van der Waals surface area (Å²) in [6.45, 7) is 1.10. The maximum Gasteiger partial charge on any atom is 0.343 e. The number of hydrogen-bond acceptors (Lipinski definition) is 3. The highest BCUT2D eigenvalue weighted by molar-refractivity contribution is 5.91. The van der Waals surface area contributed by atoms with Gasteiger partial charge in [0.15, 0.2) is 0 Å².